The number of hydrogen-bond donors (Lipinski definition) is 1. The number of amides is 1. The normalized spacial score (nSPS) is 16.5. The molecule has 1 aromatic heterocycles. The van der Waals surface area contributed by atoms with Gasteiger partial charge in [-0.25, -0.2) is 0 Å². The molecule has 0 unspecified atom stereocenters. The summed E-state index contributed by atoms with van der Waals surface area (Å²) in [5, 5.41) is 3.26. The third-order valence-corrected chi connectivity index (χ3v) is 7.76. The van der Waals surface area contributed by atoms with Crippen molar-refractivity contribution in [3.05, 3.63) is 82.2 Å². The lowest BCUT2D eigenvalue weighted by molar-refractivity contribution is 0.0946. The third kappa shape index (κ3) is 5.64. The van der Waals surface area contributed by atoms with Crippen molar-refractivity contribution >= 4 is 23.3 Å². The highest BCUT2D eigenvalue weighted by Crippen LogP contribution is 2.47. The van der Waals surface area contributed by atoms with Crippen LogP contribution in [0.4, 0.5) is 5.82 Å². The molecule has 0 spiro atoms. The second-order valence-corrected chi connectivity index (χ2v) is 10.3. The first-order valence-corrected chi connectivity index (χ1v) is 13.2. The monoisotopic (exact) mass is 459 g/mol. The Kier molecular flexibility index (Phi) is 7.06. The molecule has 0 atom stereocenters. The van der Waals surface area contributed by atoms with E-state index in [0.717, 1.165) is 43.2 Å². The number of anilines is 1. The summed E-state index contributed by atoms with van der Waals surface area (Å²) in [6, 6.07) is 21.1. The third-order valence-electron chi connectivity index (χ3n) is 6.91. The predicted octanol–water partition coefficient (Wildman–Crippen LogP) is 6.54. The van der Waals surface area contributed by atoms with E-state index < -0.39 is 0 Å². The van der Waals surface area contributed by atoms with Crippen LogP contribution < -0.4 is 10.2 Å². The summed E-state index contributed by atoms with van der Waals surface area (Å²) in [5.41, 5.74) is 3.69. The van der Waals surface area contributed by atoms with Crippen LogP contribution in [0.3, 0.4) is 0 Å². The average Bonchev–Trinajstić information content (AvgIpc) is 3.61. The van der Waals surface area contributed by atoms with Crippen LogP contribution in [0.5, 0.6) is 0 Å². The number of hydrogen-bond acceptors (Lipinski definition) is 4. The SMILES string of the molecule is O=C(NCC1CCCCC1)c1snc(N(Cc2ccccc2)Cc2ccccc2)c1C1CC1. The number of nitrogens with one attached hydrogen (secondary N) is 1. The first-order chi connectivity index (χ1) is 16.3. The molecular formula is C28H33N3OS. The predicted molar refractivity (Wildman–Crippen MR) is 136 cm³/mol. The standard InChI is InChI=1S/C28H33N3OS/c32-28(29-18-21-10-4-1-5-11-21)26-25(24-16-17-24)27(30-33-26)31(19-22-12-6-2-7-13-22)20-23-14-8-3-9-15-23/h2-3,6-9,12-15,21,24H,1,4-5,10-11,16-20H2,(H,29,32). The second kappa shape index (κ2) is 10.5. The summed E-state index contributed by atoms with van der Waals surface area (Å²) >= 11 is 1.38. The topological polar surface area (TPSA) is 45.2 Å². The van der Waals surface area contributed by atoms with Crippen LogP contribution in [0.25, 0.3) is 0 Å². The molecule has 2 saturated carbocycles. The molecule has 2 aliphatic carbocycles. The zero-order chi connectivity index (χ0) is 22.5. The van der Waals surface area contributed by atoms with E-state index in [2.05, 4.69) is 70.9 Å². The van der Waals surface area contributed by atoms with Gasteiger partial charge in [-0.1, -0.05) is 79.9 Å². The van der Waals surface area contributed by atoms with Crippen molar-refractivity contribution in [3.63, 3.8) is 0 Å². The van der Waals surface area contributed by atoms with Gasteiger partial charge in [-0.15, -0.1) is 0 Å². The van der Waals surface area contributed by atoms with Crippen molar-refractivity contribution in [2.24, 2.45) is 5.92 Å². The summed E-state index contributed by atoms with van der Waals surface area (Å²) in [5.74, 6) is 2.17. The molecule has 0 bridgehead atoms. The minimum Gasteiger partial charge on any atom is -0.351 e. The summed E-state index contributed by atoms with van der Waals surface area (Å²) < 4.78 is 4.89. The number of aromatic nitrogens is 1. The smallest absolute Gasteiger partial charge is 0.263 e. The van der Waals surface area contributed by atoms with Gasteiger partial charge in [0.05, 0.1) is 0 Å². The Morgan fingerprint density at radius 3 is 2.06 bits per heavy atom. The van der Waals surface area contributed by atoms with Gasteiger partial charge in [-0.2, -0.15) is 4.37 Å². The molecule has 1 heterocycles. The molecule has 2 aliphatic rings. The van der Waals surface area contributed by atoms with Crippen LogP contribution >= 0.6 is 11.5 Å². The molecular weight excluding hydrogens is 426 g/mol. The molecule has 3 aromatic rings. The van der Waals surface area contributed by atoms with Gasteiger partial charge < -0.3 is 10.2 Å². The Bertz CT molecular complexity index is 998. The molecule has 1 N–H and O–H groups in total. The highest BCUT2D eigenvalue weighted by atomic mass is 32.1. The molecule has 2 aromatic carbocycles. The summed E-state index contributed by atoms with van der Waals surface area (Å²) in [6.07, 6.45) is 8.72. The minimum absolute atomic E-state index is 0.0746. The van der Waals surface area contributed by atoms with E-state index in [1.54, 1.807) is 0 Å². The van der Waals surface area contributed by atoms with E-state index in [9.17, 15) is 4.79 Å². The van der Waals surface area contributed by atoms with Crippen molar-refractivity contribution < 1.29 is 4.79 Å². The van der Waals surface area contributed by atoms with Crippen LogP contribution in [0.15, 0.2) is 60.7 Å². The fraction of sp³-hybridized carbons (Fsp3) is 0.429. The molecule has 5 heteroatoms. The average molecular weight is 460 g/mol. The van der Waals surface area contributed by atoms with Crippen molar-refractivity contribution in [3.8, 4) is 0 Å². The molecule has 5 rings (SSSR count). The molecule has 1 amide bonds. The van der Waals surface area contributed by atoms with Crippen LogP contribution in [-0.2, 0) is 13.1 Å². The van der Waals surface area contributed by atoms with Gasteiger partial charge in [0.2, 0.25) is 0 Å². The molecule has 0 radical (unpaired) electrons. The number of carbonyl (C=O) groups is 1. The van der Waals surface area contributed by atoms with Gasteiger partial charge in [-0.3, -0.25) is 4.79 Å². The maximum absolute atomic E-state index is 13.2. The second-order valence-electron chi connectivity index (χ2n) is 9.56. The zero-order valence-electron chi connectivity index (χ0n) is 19.2. The number of carbonyl (C=O) groups excluding carboxylic acids is 1. The molecule has 0 saturated heterocycles. The lowest BCUT2D eigenvalue weighted by Gasteiger charge is -2.25. The quantitative estimate of drug-likeness (QED) is 0.395. The lowest BCUT2D eigenvalue weighted by Crippen LogP contribution is -2.30. The fourth-order valence-corrected chi connectivity index (χ4v) is 5.85. The van der Waals surface area contributed by atoms with Crippen molar-refractivity contribution in [2.75, 3.05) is 11.4 Å². The first-order valence-electron chi connectivity index (χ1n) is 12.4. The molecule has 2 fully saturated rings. The molecule has 0 aliphatic heterocycles. The van der Waals surface area contributed by atoms with E-state index >= 15 is 0 Å². The summed E-state index contributed by atoms with van der Waals surface area (Å²) in [7, 11) is 0. The number of rotatable bonds is 9. The Labute approximate surface area is 201 Å². The lowest BCUT2D eigenvalue weighted by atomic mass is 9.89. The Morgan fingerprint density at radius 2 is 1.48 bits per heavy atom. The van der Waals surface area contributed by atoms with Crippen LogP contribution in [0.1, 0.15) is 77.2 Å². The Balaban J connectivity index is 1.39. The van der Waals surface area contributed by atoms with Crippen LogP contribution in [-0.4, -0.2) is 16.8 Å². The Morgan fingerprint density at radius 1 is 0.879 bits per heavy atom. The van der Waals surface area contributed by atoms with Crippen LogP contribution in [0.2, 0.25) is 0 Å². The van der Waals surface area contributed by atoms with E-state index in [4.69, 9.17) is 4.37 Å². The van der Waals surface area contributed by atoms with Gasteiger partial charge in [0.15, 0.2) is 0 Å². The van der Waals surface area contributed by atoms with Gasteiger partial charge in [0.1, 0.15) is 10.7 Å². The molecule has 33 heavy (non-hydrogen) atoms. The summed E-state index contributed by atoms with van der Waals surface area (Å²) in [4.78, 5) is 16.4. The van der Waals surface area contributed by atoms with Gasteiger partial charge in [-0.05, 0) is 60.2 Å². The van der Waals surface area contributed by atoms with Gasteiger partial charge >= 0.3 is 0 Å². The van der Waals surface area contributed by atoms with Gasteiger partial charge in [0, 0.05) is 25.2 Å². The van der Waals surface area contributed by atoms with E-state index in [-0.39, 0.29) is 5.91 Å². The summed E-state index contributed by atoms with van der Waals surface area (Å²) in [6.45, 7) is 2.36. The Hall–Kier alpha value is -2.66. The fourth-order valence-electron chi connectivity index (χ4n) is 4.94. The highest BCUT2D eigenvalue weighted by molar-refractivity contribution is 7.08. The largest absolute Gasteiger partial charge is 0.351 e. The van der Waals surface area contributed by atoms with E-state index in [1.807, 2.05) is 0 Å². The molecule has 4 nitrogen and oxygen atoms in total. The minimum atomic E-state index is 0.0746. The maximum atomic E-state index is 13.2. The van der Waals surface area contributed by atoms with Crippen LogP contribution in [0, 0.1) is 5.92 Å². The molecule has 172 valence electrons. The van der Waals surface area contributed by atoms with E-state index in [0.29, 0.717) is 11.8 Å². The van der Waals surface area contributed by atoms with Gasteiger partial charge in [0.25, 0.3) is 5.91 Å². The van der Waals surface area contributed by atoms with E-state index in [1.165, 1.54) is 60.3 Å². The number of benzene rings is 2. The van der Waals surface area contributed by atoms with Crippen molar-refractivity contribution in [1.82, 2.24) is 9.69 Å². The van der Waals surface area contributed by atoms with Crippen molar-refractivity contribution in [2.45, 2.75) is 64.0 Å². The zero-order valence-corrected chi connectivity index (χ0v) is 20.0. The first kappa shape index (κ1) is 22.1. The maximum Gasteiger partial charge on any atom is 0.263 e. The highest BCUT2D eigenvalue weighted by Gasteiger charge is 2.35. The number of nitrogens with zero attached hydrogens (tertiary/aromatic N) is 2. The van der Waals surface area contributed by atoms with Crippen molar-refractivity contribution in [1.29, 1.82) is 0 Å².